The first-order valence-electron chi connectivity index (χ1n) is 10.5. The van der Waals surface area contributed by atoms with E-state index in [-0.39, 0.29) is 17.7 Å². The van der Waals surface area contributed by atoms with E-state index in [1.165, 1.54) is 5.56 Å². The van der Waals surface area contributed by atoms with Crippen molar-refractivity contribution in [2.45, 2.75) is 24.7 Å². The summed E-state index contributed by atoms with van der Waals surface area (Å²) in [4.78, 5) is 17.2. The zero-order valence-electron chi connectivity index (χ0n) is 16.7. The Morgan fingerprint density at radius 2 is 2.00 bits per heavy atom. The van der Waals surface area contributed by atoms with Crippen LogP contribution < -0.4 is 10.6 Å². The number of H-pyrrole nitrogens is 1. The van der Waals surface area contributed by atoms with Gasteiger partial charge in [0.15, 0.2) is 0 Å². The average molecular weight is 399 g/mol. The molecule has 0 bridgehead atoms. The maximum Gasteiger partial charge on any atom is 0.228 e. The van der Waals surface area contributed by atoms with Crippen molar-refractivity contribution in [1.82, 2.24) is 15.5 Å². The molecule has 1 aromatic heterocycles. The van der Waals surface area contributed by atoms with E-state index in [1.54, 1.807) is 0 Å². The third-order valence-corrected chi connectivity index (χ3v) is 6.08. The number of aromatic amines is 1. The highest BCUT2D eigenvalue weighted by Gasteiger charge is 2.28. The topological polar surface area (TPSA) is 82.2 Å². The number of nitrogens with zero attached hydrogens (tertiary/aromatic N) is 2. The molecule has 0 spiro atoms. The summed E-state index contributed by atoms with van der Waals surface area (Å²) in [6.07, 6.45) is 7.52. The molecule has 0 radical (unpaired) electrons. The van der Waals surface area contributed by atoms with Crippen LogP contribution in [0.4, 0.5) is 5.69 Å². The average Bonchev–Trinajstić information content (AvgIpc) is 3.23. The van der Waals surface area contributed by atoms with Crippen LogP contribution in [0.1, 0.15) is 35.9 Å². The fraction of sp³-hybridized carbons (Fsp3) is 0.292. The van der Waals surface area contributed by atoms with Gasteiger partial charge < -0.3 is 10.6 Å². The minimum Gasteiger partial charge on any atom is -0.326 e. The van der Waals surface area contributed by atoms with E-state index in [0.29, 0.717) is 12.5 Å². The lowest BCUT2D eigenvalue weighted by Crippen LogP contribution is -2.40. The smallest absolute Gasteiger partial charge is 0.228 e. The number of benzene rings is 2. The molecule has 152 valence electrons. The third kappa shape index (κ3) is 3.78. The molecule has 0 aliphatic carbocycles. The summed E-state index contributed by atoms with van der Waals surface area (Å²) >= 11 is 0. The minimum absolute atomic E-state index is 0.0547. The molecule has 6 nitrogen and oxygen atoms in total. The number of nitrogens with one attached hydrogen (secondary N) is 3. The number of amides is 1. The molecule has 1 saturated heterocycles. The van der Waals surface area contributed by atoms with Crippen molar-refractivity contribution in [3.63, 3.8) is 0 Å². The summed E-state index contributed by atoms with van der Waals surface area (Å²) in [7, 11) is 0. The van der Waals surface area contributed by atoms with Crippen LogP contribution in [0.15, 0.2) is 65.8 Å². The lowest BCUT2D eigenvalue weighted by molar-refractivity contribution is -0.120. The van der Waals surface area contributed by atoms with Crippen molar-refractivity contribution >= 4 is 28.7 Å². The Morgan fingerprint density at radius 1 is 1.10 bits per heavy atom. The van der Waals surface area contributed by atoms with Crippen LogP contribution in [0.3, 0.4) is 0 Å². The number of carbonyl (C=O) groups excluding carboxylic acids is 1. The molecule has 3 N–H and O–H groups in total. The normalized spacial score (nSPS) is 23.5. The second-order valence-corrected chi connectivity index (χ2v) is 8.07. The number of piperidine rings is 1. The van der Waals surface area contributed by atoms with Crippen LogP contribution in [0.5, 0.6) is 0 Å². The molecule has 2 aliphatic rings. The summed E-state index contributed by atoms with van der Waals surface area (Å²) < 4.78 is 0. The Balaban J connectivity index is 1.32. The molecule has 5 rings (SSSR count). The van der Waals surface area contributed by atoms with Crippen LogP contribution in [0.2, 0.25) is 0 Å². The van der Waals surface area contributed by atoms with Gasteiger partial charge in [0, 0.05) is 42.5 Å². The van der Waals surface area contributed by atoms with Gasteiger partial charge in [-0.1, -0.05) is 36.4 Å². The first-order valence-corrected chi connectivity index (χ1v) is 10.5. The Hall–Kier alpha value is -3.25. The summed E-state index contributed by atoms with van der Waals surface area (Å²) in [6.45, 7) is 1.62. The highest BCUT2D eigenvalue weighted by Crippen LogP contribution is 2.31. The number of aromatic nitrogens is 2. The van der Waals surface area contributed by atoms with Gasteiger partial charge in [0.2, 0.25) is 5.91 Å². The fourth-order valence-electron chi connectivity index (χ4n) is 4.44. The van der Waals surface area contributed by atoms with Gasteiger partial charge in [-0.05, 0) is 42.5 Å². The van der Waals surface area contributed by atoms with Gasteiger partial charge in [0.1, 0.15) is 0 Å². The van der Waals surface area contributed by atoms with Gasteiger partial charge in [0.25, 0.3) is 0 Å². The van der Waals surface area contributed by atoms with E-state index < -0.39 is 0 Å². The van der Waals surface area contributed by atoms with E-state index in [2.05, 4.69) is 56.2 Å². The summed E-state index contributed by atoms with van der Waals surface area (Å²) in [6, 6.07) is 16.3. The van der Waals surface area contributed by atoms with Gasteiger partial charge in [-0.2, -0.15) is 5.10 Å². The maximum atomic E-state index is 13.0. The van der Waals surface area contributed by atoms with Gasteiger partial charge in [-0.25, -0.2) is 0 Å². The lowest BCUT2D eigenvalue weighted by atomic mass is 9.85. The van der Waals surface area contributed by atoms with E-state index in [0.717, 1.165) is 41.7 Å². The van der Waals surface area contributed by atoms with Crippen molar-refractivity contribution in [3.8, 4) is 0 Å². The highest BCUT2D eigenvalue weighted by atomic mass is 16.1. The third-order valence-electron chi connectivity index (χ3n) is 6.08. The van der Waals surface area contributed by atoms with Gasteiger partial charge in [-0.15, -0.1) is 0 Å². The largest absolute Gasteiger partial charge is 0.326 e. The highest BCUT2D eigenvalue weighted by molar-refractivity contribution is 5.96. The van der Waals surface area contributed by atoms with Crippen molar-refractivity contribution in [1.29, 1.82) is 0 Å². The predicted molar refractivity (Wildman–Crippen MR) is 120 cm³/mol. The molecule has 1 amide bonds. The molecule has 3 unspecified atom stereocenters. The van der Waals surface area contributed by atoms with Crippen LogP contribution >= 0.6 is 0 Å². The molecule has 2 aromatic carbocycles. The van der Waals surface area contributed by atoms with E-state index in [4.69, 9.17) is 0 Å². The molecule has 0 saturated carbocycles. The maximum absolute atomic E-state index is 13.0. The number of aliphatic imine (C=N–C) groups is 1. The number of fused-ring (bicyclic) bond motifs is 1. The van der Waals surface area contributed by atoms with Crippen molar-refractivity contribution in [3.05, 3.63) is 72.1 Å². The van der Waals surface area contributed by atoms with E-state index in [1.807, 2.05) is 36.7 Å². The van der Waals surface area contributed by atoms with Crippen LogP contribution in [-0.2, 0) is 4.79 Å². The molecule has 3 aromatic rings. The number of allylic oxidation sites excluding steroid dienone is 1. The number of hydrogen-bond acceptors (Lipinski definition) is 4. The molecule has 3 atom stereocenters. The molecular weight excluding hydrogens is 374 g/mol. The van der Waals surface area contributed by atoms with Crippen molar-refractivity contribution < 1.29 is 4.79 Å². The van der Waals surface area contributed by atoms with Crippen LogP contribution in [0.25, 0.3) is 10.9 Å². The number of hydrogen-bond donors (Lipinski definition) is 3. The summed E-state index contributed by atoms with van der Waals surface area (Å²) in [5, 5.41) is 15.2. The van der Waals surface area contributed by atoms with Crippen molar-refractivity contribution in [2.24, 2.45) is 10.9 Å². The zero-order valence-corrected chi connectivity index (χ0v) is 16.7. The molecule has 3 heterocycles. The number of carbonyl (C=O) groups is 1. The fourth-order valence-corrected chi connectivity index (χ4v) is 4.44. The molecule has 6 heteroatoms. The Labute approximate surface area is 175 Å². The second kappa shape index (κ2) is 8.24. The van der Waals surface area contributed by atoms with Crippen LogP contribution in [0, 0.1) is 5.92 Å². The SMILES string of the molecule is O=C(Nc1ccc2n[nH]c(C3C=CN=CC3)c2c1)C1CNCC(c2ccccc2)C1. The summed E-state index contributed by atoms with van der Waals surface area (Å²) in [5.41, 5.74) is 4.07. The Morgan fingerprint density at radius 3 is 2.83 bits per heavy atom. The van der Waals surface area contributed by atoms with Crippen molar-refractivity contribution in [2.75, 3.05) is 18.4 Å². The molecule has 2 aliphatic heterocycles. The van der Waals surface area contributed by atoms with Crippen LogP contribution in [-0.4, -0.2) is 35.4 Å². The standard InChI is InChI=1S/C24H25N5O/c30-24(19-12-18(14-26-15-19)16-4-2-1-3-5-16)27-20-6-7-22-21(13-20)23(29-28-22)17-8-10-25-11-9-17/h1-8,10-11,13,17-19,26H,9,12,14-15H2,(H,27,30)(H,28,29). The zero-order chi connectivity index (χ0) is 20.3. The molecule has 30 heavy (non-hydrogen) atoms. The molecular formula is C24H25N5O. The predicted octanol–water partition coefficient (Wildman–Crippen LogP) is 3.97. The quantitative estimate of drug-likeness (QED) is 0.621. The first-order chi connectivity index (χ1) is 14.8. The first kappa shape index (κ1) is 18.8. The summed E-state index contributed by atoms with van der Waals surface area (Å²) in [5.74, 6) is 0.601. The Bertz CT molecular complexity index is 1100. The lowest BCUT2D eigenvalue weighted by Gasteiger charge is -2.29. The van der Waals surface area contributed by atoms with Gasteiger partial charge >= 0.3 is 0 Å². The van der Waals surface area contributed by atoms with Gasteiger partial charge in [0.05, 0.1) is 17.1 Å². The second-order valence-electron chi connectivity index (χ2n) is 8.07. The number of rotatable bonds is 4. The monoisotopic (exact) mass is 399 g/mol. The van der Waals surface area contributed by atoms with Gasteiger partial charge in [-0.3, -0.25) is 14.9 Å². The minimum atomic E-state index is -0.0547. The van der Waals surface area contributed by atoms with E-state index >= 15 is 0 Å². The Kier molecular flexibility index (Phi) is 5.15. The van der Waals surface area contributed by atoms with E-state index in [9.17, 15) is 4.79 Å². The number of anilines is 1. The molecule has 1 fully saturated rings.